The van der Waals surface area contributed by atoms with Gasteiger partial charge >= 0.3 is 5.97 Å². The molecule has 0 fully saturated rings. The summed E-state index contributed by atoms with van der Waals surface area (Å²) in [7, 11) is 0. The van der Waals surface area contributed by atoms with Crippen molar-refractivity contribution in [1.82, 2.24) is 5.32 Å². The van der Waals surface area contributed by atoms with Crippen molar-refractivity contribution in [2.75, 3.05) is 6.54 Å². The van der Waals surface area contributed by atoms with Crippen LogP contribution in [0.25, 0.3) is 0 Å². The molecule has 11 heavy (non-hydrogen) atoms. The van der Waals surface area contributed by atoms with Gasteiger partial charge in [-0.1, -0.05) is 13.0 Å². The number of rotatable bonds is 5. The summed E-state index contributed by atoms with van der Waals surface area (Å²) in [5, 5.41) is 11.5. The standard InChI is InChI=1S/C8H15NO2/c1-4-7(3)9-5-6(2)8(10)11/h4,6-7,9H,1,5H2,2-3H3,(H,10,11). The Hall–Kier alpha value is -0.830. The van der Waals surface area contributed by atoms with Crippen molar-refractivity contribution in [1.29, 1.82) is 0 Å². The van der Waals surface area contributed by atoms with E-state index < -0.39 is 5.97 Å². The van der Waals surface area contributed by atoms with Crippen LogP contribution in [0.1, 0.15) is 13.8 Å². The Bertz CT molecular complexity index is 145. The van der Waals surface area contributed by atoms with E-state index in [0.717, 1.165) is 0 Å². The first-order valence-electron chi connectivity index (χ1n) is 3.66. The summed E-state index contributed by atoms with van der Waals surface area (Å²) in [6.45, 7) is 7.67. The van der Waals surface area contributed by atoms with Crippen LogP contribution in [0.3, 0.4) is 0 Å². The van der Waals surface area contributed by atoms with E-state index in [1.54, 1.807) is 13.0 Å². The summed E-state index contributed by atoms with van der Waals surface area (Å²) in [5.41, 5.74) is 0. The van der Waals surface area contributed by atoms with E-state index in [-0.39, 0.29) is 12.0 Å². The normalized spacial score (nSPS) is 15.5. The Morgan fingerprint density at radius 3 is 2.64 bits per heavy atom. The first-order valence-corrected chi connectivity index (χ1v) is 3.66. The molecule has 0 saturated carbocycles. The molecule has 0 aliphatic rings. The minimum absolute atomic E-state index is 0.178. The van der Waals surface area contributed by atoms with Crippen molar-refractivity contribution in [3.8, 4) is 0 Å². The van der Waals surface area contributed by atoms with Gasteiger partial charge in [0.25, 0.3) is 0 Å². The Morgan fingerprint density at radius 1 is 1.73 bits per heavy atom. The molecule has 0 heterocycles. The van der Waals surface area contributed by atoms with Gasteiger partial charge < -0.3 is 10.4 Å². The van der Waals surface area contributed by atoms with Gasteiger partial charge in [0.15, 0.2) is 0 Å². The molecule has 64 valence electrons. The van der Waals surface area contributed by atoms with Crippen LogP contribution in [0.4, 0.5) is 0 Å². The summed E-state index contributed by atoms with van der Waals surface area (Å²) < 4.78 is 0. The topological polar surface area (TPSA) is 49.3 Å². The van der Waals surface area contributed by atoms with Crippen LogP contribution in [0.5, 0.6) is 0 Å². The summed E-state index contributed by atoms with van der Waals surface area (Å²) >= 11 is 0. The number of aliphatic carboxylic acids is 1. The van der Waals surface area contributed by atoms with Gasteiger partial charge in [0.2, 0.25) is 0 Å². The number of carboxylic acid groups (broad SMARTS) is 1. The molecule has 2 unspecified atom stereocenters. The van der Waals surface area contributed by atoms with Crippen molar-refractivity contribution < 1.29 is 9.90 Å². The van der Waals surface area contributed by atoms with Crippen LogP contribution in [0.15, 0.2) is 12.7 Å². The zero-order chi connectivity index (χ0) is 8.85. The molecule has 0 spiro atoms. The van der Waals surface area contributed by atoms with Gasteiger partial charge in [0, 0.05) is 12.6 Å². The summed E-state index contributed by atoms with van der Waals surface area (Å²) in [4.78, 5) is 10.3. The minimum atomic E-state index is -0.770. The minimum Gasteiger partial charge on any atom is -0.481 e. The van der Waals surface area contributed by atoms with Crippen LogP contribution >= 0.6 is 0 Å². The van der Waals surface area contributed by atoms with Crippen molar-refractivity contribution in [2.45, 2.75) is 19.9 Å². The lowest BCUT2D eigenvalue weighted by atomic mass is 10.2. The third-order valence-corrected chi connectivity index (χ3v) is 1.52. The molecule has 0 rings (SSSR count). The summed E-state index contributed by atoms with van der Waals surface area (Å²) in [6.07, 6.45) is 1.74. The highest BCUT2D eigenvalue weighted by atomic mass is 16.4. The zero-order valence-electron chi connectivity index (χ0n) is 7.00. The zero-order valence-corrected chi connectivity index (χ0v) is 7.00. The van der Waals surface area contributed by atoms with E-state index >= 15 is 0 Å². The molecule has 0 aliphatic carbocycles. The number of carbonyl (C=O) groups is 1. The van der Waals surface area contributed by atoms with Crippen LogP contribution in [-0.4, -0.2) is 23.7 Å². The van der Waals surface area contributed by atoms with E-state index in [9.17, 15) is 4.79 Å². The molecule has 0 bridgehead atoms. The molecule has 0 amide bonds. The lowest BCUT2D eigenvalue weighted by molar-refractivity contribution is -0.140. The molecular formula is C8H15NO2. The van der Waals surface area contributed by atoms with Crippen molar-refractivity contribution >= 4 is 5.97 Å². The molecular weight excluding hydrogens is 142 g/mol. The van der Waals surface area contributed by atoms with Crippen molar-refractivity contribution in [3.05, 3.63) is 12.7 Å². The lowest BCUT2D eigenvalue weighted by Gasteiger charge is -2.11. The molecule has 2 N–H and O–H groups in total. The Labute approximate surface area is 67.1 Å². The van der Waals surface area contributed by atoms with Crippen LogP contribution in [-0.2, 0) is 4.79 Å². The summed E-state index contributed by atoms with van der Waals surface area (Å²) in [5.74, 6) is -1.11. The second-order valence-electron chi connectivity index (χ2n) is 2.67. The fourth-order valence-corrected chi connectivity index (χ4v) is 0.533. The second-order valence-corrected chi connectivity index (χ2v) is 2.67. The Morgan fingerprint density at radius 2 is 2.27 bits per heavy atom. The van der Waals surface area contributed by atoms with Crippen LogP contribution in [0.2, 0.25) is 0 Å². The predicted octanol–water partition coefficient (Wildman–Crippen LogP) is 0.871. The van der Waals surface area contributed by atoms with Gasteiger partial charge in [-0.15, -0.1) is 6.58 Å². The third-order valence-electron chi connectivity index (χ3n) is 1.52. The van der Waals surface area contributed by atoms with Crippen LogP contribution < -0.4 is 5.32 Å². The molecule has 0 aromatic carbocycles. The van der Waals surface area contributed by atoms with E-state index in [4.69, 9.17) is 5.11 Å². The number of hydrogen-bond acceptors (Lipinski definition) is 2. The van der Waals surface area contributed by atoms with E-state index in [2.05, 4.69) is 11.9 Å². The quantitative estimate of drug-likeness (QED) is 0.582. The maximum Gasteiger partial charge on any atom is 0.307 e. The second kappa shape index (κ2) is 4.91. The van der Waals surface area contributed by atoms with Gasteiger partial charge in [-0.05, 0) is 6.92 Å². The number of nitrogens with one attached hydrogen (secondary N) is 1. The molecule has 0 aliphatic heterocycles. The largest absolute Gasteiger partial charge is 0.481 e. The summed E-state index contributed by atoms with van der Waals surface area (Å²) in [6, 6.07) is 0.178. The van der Waals surface area contributed by atoms with E-state index in [1.165, 1.54) is 0 Å². The molecule has 3 heteroatoms. The molecule has 2 atom stereocenters. The Balaban J connectivity index is 3.53. The van der Waals surface area contributed by atoms with E-state index in [0.29, 0.717) is 6.54 Å². The van der Waals surface area contributed by atoms with Gasteiger partial charge in [-0.2, -0.15) is 0 Å². The predicted molar refractivity (Wildman–Crippen MR) is 44.5 cm³/mol. The van der Waals surface area contributed by atoms with Crippen LogP contribution in [0, 0.1) is 5.92 Å². The molecule has 3 nitrogen and oxygen atoms in total. The fraction of sp³-hybridized carbons (Fsp3) is 0.625. The molecule has 0 saturated heterocycles. The Kier molecular flexibility index (Phi) is 4.54. The van der Waals surface area contributed by atoms with Gasteiger partial charge in [0.05, 0.1) is 5.92 Å². The number of carboxylic acids is 1. The SMILES string of the molecule is C=CC(C)NCC(C)C(=O)O. The van der Waals surface area contributed by atoms with Crippen molar-refractivity contribution in [3.63, 3.8) is 0 Å². The monoisotopic (exact) mass is 157 g/mol. The first-order chi connectivity index (χ1) is 5.07. The maximum absolute atomic E-state index is 10.3. The average Bonchev–Trinajstić information content (AvgIpc) is 1.99. The van der Waals surface area contributed by atoms with Gasteiger partial charge in [-0.25, -0.2) is 0 Å². The average molecular weight is 157 g/mol. The molecule has 0 aromatic rings. The molecule has 0 aromatic heterocycles. The van der Waals surface area contributed by atoms with Gasteiger partial charge in [0.1, 0.15) is 0 Å². The highest BCUT2D eigenvalue weighted by molar-refractivity contribution is 5.69. The fourth-order valence-electron chi connectivity index (χ4n) is 0.533. The smallest absolute Gasteiger partial charge is 0.307 e. The first kappa shape index (κ1) is 10.2. The third kappa shape index (κ3) is 4.56. The molecule has 0 radical (unpaired) electrons. The highest BCUT2D eigenvalue weighted by Gasteiger charge is 2.10. The van der Waals surface area contributed by atoms with Crippen molar-refractivity contribution in [2.24, 2.45) is 5.92 Å². The number of hydrogen-bond donors (Lipinski definition) is 2. The maximum atomic E-state index is 10.3. The van der Waals surface area contributed by atoms with Gasteiger partial charge in [-0.3, -0.25) is 4.79 Å². The van der Waals surface area contributed by atoms with E-state index in [1.807, 2.05) is 6.92 Å². The lowest BCUT2D eigenvalue weighted by Crippen LogP contribution is -2.31. The highest BCUT2D eigenvalue weighted by Crippen LogP contribution is 1.92.